The summed E-state index contributed by atoms with van der Waals surface area (Å²) in [5, 5.41) is 7.99. The van der Waals surface area contributed by atoms with Gasteiger partial charge in [0.15, 0.2) is 16.5 Å². The highest BCUT2D eigenvalue weighted by molar-refractivity contribution is 7.98. The molecule has 0 bridgehead atoms. The first-order chi connectivity index (χ1) is 14.3. The second kappa shape index (κ2) is 7.74. The molecule has 30 heavy (non-hydrogen) atoms. The fourth-order valence-corrected chi connectivity index (χ4v) is 3.63. The third-order valence-electron chi connectivity index (χ3n) is 4.07. The van der Waals surface area contributed by atoms with Gasteiger partial charge in [0.05, 0.1) is 12.4 Å². The van der Waals surface area contributed by atoms with Crippen molar-refractivity contribution in [2.45, 2.75) is 17.3 Å². The Labute approximate surface area is 168 Å². The van der Waals surface area contributed by atoms with Gasteiger partial charge in [0.25, 0.3) is 17.5 Å². The molecule has 0 atom stereocenters. The van der Waals surface area contributed by atoms with Crippen LogP contribution in [0.2, 0.25) is 0 Å². The average molecular weight is 438 g/mol. The van der Waals surface area contributed by atoms with Crippen LogP contribution in [0, 0.1) is 11.6 Å². The molecule has 0 saturated heterocycles. The summed E-state index contributed by atoms with van der Waals surface area (Å²) in [6.07, 6.45) is 0.460. The zero-order valence-electron chi connectivity index (χ0n) is 14.7. The number of fused-ring (bicyclic) bond motifs is 1. The van der Waals surface area contributed by atoms with Crippen LogP contribution in [0.15, 0.2) is 51.5 Å². The Balaban J connectivity index is 1.78. The molecule has 0 saturated carbocycles. The van der Waals surface area contributed by atoms with Gasteiger partial charge in [0.1, 0.15) is 11.6 Å². The Kier molecular flexibility index (Phi) is 5.11. The van der Waals surface area contributed by atoms with Crippen LogP contribution >= 0.6 is 11.8 Å². The maximum absolute atomic E-state index is 14.2. The molecule has 1 aromatic carbocycles. The Hall–Kier alpha value is -3.48. The predicted molar refractivity (Wildman–Crippen MR) is 97.9 cm³/mol. The molecule has 3 aromatic heterocycles. The molecule has 8 nitrogen and oxygen atoms in total. The van der Waals surface area contributed by atoms with Crippen molar-refractivity contribution in [2.24, 2.45) is 0 Å². The Morgan fingerprint density at radius 3 is 2.53 bits per heavy atom. The molecule has 13 heteroatoms. The number of halogens is 4. The number of alkyl halides is 2. The first-order valence-electron chi connectivity index (χ1n) is 8.26. The van der Waals surface area contributed by atoms with Crippen molar-refractivity contribution < 1.29 is 17.6 Å². The van der Waals surface area contributed by atoms with E-state index in [1.165, 1.54) is 18.5 Å². The zero-order valence-corrected chi connectivity index (χ0v) is 15.5. The largest absolute Gasteiger partial charge is 0.324 e. The molecule has 0 aliphatic carbocycles. The van der Waals surface area contributed by atoms with Crippen LogP contribution in [0.5, 0.6) is 0 Å². The summed E-state index contributed by atoms with van der Waals surface area (Å²) in [4.78, 5) is 30.4. The molecule has 0 amide bonds. The summed E-state index contributed by atoms with van der Waals surface area (Å²) in [7, 11) is 0. The fraction of sp³-hybridized carbons (Fsp3) is 0.118. The minimum absolute atomic E-state index is 0.0206. The summed E-state index contributed by atoms with van der Waals surface area (Å²) < 4.78 is 55.9. The molecular weight excluding hydrogens is 428 g/mol. The van der Waals surface area contributed by atoms with E-state index in [4.69, 9.17) is 0 Å². The van der Waals surface area contributed by atoms with Gasteiger partial charge in [-0.1, -0.05) is 11.8 Å². The van der Waals surface area contributed by atoms with Crippen LogP contribution in [0.4, 0.5) is 17.6 Å². The van der Waals surface area contributed by atoms with E-state index < -0.39 is 40.3 Å². The molecule has 154 valence electrons. The van der Waals surface area contributed by atoms with Gasteiger partial charge < -0.3 is 4.98 Å². The summed E-state index contributed by atoms with van der Waals surface area (Å²) in [5.41, 5.74) is -2.21. The third kappa shape index (κ3) is 3.58. The number of aromatic amines is 1. The standard InChI is InChI=1S/C17H10F4N6O2S/c18-10-3-8(15(20)21)4-11(19)9(10)7-30-17-25-27-12(1-2-24-27)16(29)26(17)13-5-23-14(28)6-22-13/h1-6,15H,7H2,(H,23,28). The lowest BCUT2D eigenvalue weighted by Crippen LogP contribution is -2.26. The van der Waals surface area contributed by atoms with Gasteiger partial charge >= 0.3 is 0 Å². The van der Waals surface area contributed by atoms with Crippen molar-refractivity contribution in [2.75, 3.05) is 0 Å². The van der Waals surface area contributed by atoms with Crippen molar-refractivity contribution in [3.8, 4) is 5.82 Å². The lowest BCUT2D eigenvalue weighted by atomic mass is 10.1. The second-order valence-corrected chi connectivity index (χ2v) is 6.89. The number of hydrogen-bond acceptors (Lipinski definition) is 6. The average Bonchev–Trinajstić information content (AvgIpc) is 3.17. The molecule has 4 aromatic rings. The topological polar surface area (TPSA) is 97.9 Å². The van der Waals surface area contributed by atoms with Crippen LogP contribution in [0.25, 0.3) is 11.3 Å². The van der Waals surface area contributed by atoms with Crippen molar-refractivity contribution in [3.63, 3.8) is 0 Å². The zero-order chi connectivity index (χ0) is 21.4. The van der Waals surface area contributed by atoms with Crippen molar-refractivity contribution >= 4 is 17.3 Å². The van der Waals surface area contributed by atoms with E-state index in [0.29, 0.717) is 12.1 Å². The van der Waals surface area contributed by atoms with Gasteiger partial charge in [-0.15, -0.1) is 9.73 Å². The van der Waals surface area contributed by atoms with Crippen LogP contribution in [-0.4, -0.2) is 29.4 Å². The van der Waals surface area contributed by atoms with Crippen LogP contribution in [-0.2, 0) is 5.75 Å². The first kappa shape index (κ1) is 19.8. The predicted octanol–water partition coefficient (Wildman–Crippen LogP) is 2.47. The lowest BCUT2D eigenvalue weighted by molar-refractivity contribution is 0.150. The number of hydrogen-bond donors (Lipinski definition) is 1. The minimum Gasteiger partial charge on any atom is -0.324 e. The minimum atomic E-state index is -3.02. The van der Waals surface area contributed by atoms with Crippen LogP contribution in [0.3, 0.4) is 0 Å². The molecule has 3 heterocycles. The number of nitrogens with zero attached hydrogens (tertiary/aromatic N) is 5. The Morgan fingerprint density at radius 1 is 1.17 bits per heavy atom. The Bertz CT molecular complexity index is 1320. The van der Waals surface area contributed by atoms with Crippen molar-refractivity contribution in [3.05, 3.63) is 80.3 Å². The van der Waals surface area contributed by atoms with E-state index in [0.717, 1.165) is 27.2 Å². The van der Waals surface area contributed by atoms with Crippen molar-refractivity contribution in [1.82, 2.24) is 29.4 Å². The number of benzene rings is 1. The fourth-order valence-electron chi connectivity index (χ4n) is 2.64. The number of thioether (sulfide) groups is 1. The molecular formula is C17H10F4N6O2S. The molecule has 0 fully saturated rings. The van der Waals surface area contributed by atoms with E-state index in [1.54, 1.807) is 0 Å². The highest BCUT2D eigenvalue weighted by atomic mass is 32.2. The summed E-state index contributed by atoms with van der Waals surface area (Å²) in [6.45, 7) is 0. The van der Waals surface area contributed by atoms with Gasteiger partial charge in [-0.25, -0.2) is 27.1 Å². The van der Waals surface area contributed by atoms with E-state index in [-0.39, 0.29) is 22.2 Å². The maximum atomic E-state index is 14.2. The second-order valence-electron chi connectivity index (χ2n) is 5.95. The normalized spacial score (nSPS) is 11.5. The SMILES string of the molecule is O=c1cnc(-n2c(SCc3c(F)cc(C(F)F)cc3F)nn3nccc3c2=O)c[nH]1. The summed E-state index contributed by atoms with van der Waals surface area (Å²) >= 11 is 0.766. The molecule has 0 radical (unpaired) electrons. The summed E-state index contributed by atoms with van der Waals surface area (Å²) in [5.74, 6) is -2.63. The highest BCUT2D eigenvalue weighted by Gasteiger charge is 2.19. The first-order valence-corrected chi connectivity index (χ1v) is 9.24. The quantitative estimate of drug-likeness (QED) is 0.380. The van der Waals surface area contributed by atoms with Gasteiger partial charge in [-0.3, -0.25) is 9.59 Å². The molecule has 0 aliphatic rings. The molecule has 1 N–H and O–H groups in total. The molecule has 0 spiro atoms. The number of rotatable bonds is 5. The van der Waals surface area contributed by atoms with Crippen molar-refractivity contribution in [1.29, 1.82) is 0 Å². The molecule has 0 aliphatic heterocycles. The monoisotopic (exact) mass is 438 g/mol. The maximum Gasteiger partial charge on any atom is 0.286 e. The van der Waals surface area contributed by atoms with Crippen LogP contribution in [0.1, 0.15) is 17.6 Å². The van der Waals surface area contributed by atoms with E-state index in [9.17, 15) is 27.2 Å². The Morgan fingerprint density at radius 2 is 1.90 bits per heavy atom. The van der Waals surface area contributed by atoms with Gasteiger partial charge in [0, 0.05) is 23.1 Å². The van der Waals surface area contributed by atoms with E-state index >= 15 is 0 Å². The highest BCUT2D eigenvalue weighted by Crippen LogP contribution is 2.28. The molecule has 4 rings (SSSR count). The molecule has 0 unspecified atom stereocenters. The van der Waals surface area contributed by atoms with E-state index in [1.807, 2.05) is 0 Å². The number of nitrogens with one attached hydrogen (secondary N) is 1. The summed E-state index contributed by atoms with van der Waals surface area (Å²) in [6, 6.07) is 2.53. The lowest BCUT2D eigenvalue weighted by Gasteiger charge is -2.12. The van der Waals surface area contributed by atoms with Gasteiger partial charge in [-0.2, -0.15) is 5.10 Å². The number of aromatic nitrogens is 6. The van der Waals surface area contributed by atoms with Gasteiger partial charge in [0.2, 0.25) is 0 Å². The van der Waals surface area contributed by atoms with Crippen LogP contribution < -0.4 is 11.1 Å². The van der Waals surface area contributed by atoms with Gasteiger partial charge in [-0.05, 0) is 18.2 Å². The third-order valence-corrected chi connectivity index (χ3v) is 5.02. The van der Waals surface area contributed by atoms with E-state index in [2.05, 4.69) is 20.2 Å². The smallest absolute Gasteiger partial charge is 0.286 e. The number of H-pyrrole nitrogens is 1.